The minimum atomic E-state index is 0.251. The van der Waals surface area contributed by atoms with E-state index in [9.17, 15) is 0 Å². The summed E-state index contributed by atoms with van der Waals surface area (Å²) < 4.78 is 0. The number of hydrogen-bond acceptors (Lipinski definition) is 2. The predicted octanol–water partition coefficient (Wildman–Crippen LogP) is 3.87. The molecule has 1 saturated heterocycles. The molecule has 2 N–H and O–H groups in total. The molecule has 0 aliphatic carbocycles. The average Bonchev–Trinajstić information content (AvgIpc) is 2.56. The van der Waals surface area contributed by atoms with Crippen LogP contribution in [0.3, 0.4) is 0 Å². The van der Waals surface area contributed by atoms with Gasteiger partial charge in [-0.25, -0.2) is 0 Å². The van der Waals surface area contributed by atoms with Crippen LogP contribution in [-0.2, 0) is 0 Å². The highest BCUT2D eigenvalue weighted by molar-refractivity contribution is 5.39. The zero-order valence-electron chi connectivity index (χ0n) is 13.7. The molecule has 0 spiro atoms. The van der Waals surface area contributed by atoms with Crippen LogP contribution in [0.5, 0.6) is 0 Å². The first-order valence-corrected chi connectivity index (χ1v) is 8.01. The molecule has 1 fully saturated rings. The molecule has 0 amide bonds. The monoisotopic (exact) mass is 274 g/mol. The maximum atomic E-state index is 6.55. The fourth-order valence-electron chi connectivity index (χ4n) is 3.51. The topological polar surface area (TPSA) is 29.3 Å². The lowest BCUT2D eigenvalue weighted by Crippen LogP contribution is -2.43. The average molecular weight is 274 g/mol. The third-order valence-corrected chi connectivity index (χ3v) is 4.83. The highest BCUT2D eigenvalue weighted by atomic mass is 15.2. The van der Waals surface area contributed by atoms with Crippen LogP contribution in [0, 0.1) is 20.8 Å². The lowest BCUT2D eigenvalue weighted by molar-refractivity contribution is 0.143. The number of rotatable bonds is 2. The first-order valence-electron chi connectivity index (χ1n) is 8.01. The van der Waals surface area contributed by atoms with Crippen molar-refractivity contribution in [2.24, 2.45) is 5.73 Å². The van der Waals surface area contributed by atoms with Crippen LogP contribution in [0.15, 0.2) is 12.1 Å². The molecule has 0 aromatic heterocycles. The fourth-order valence-corrected chi connectivity index (χ4v) is 3.51. The Morgan fingerprint density at radius 2 is 1.70 bits per heavy atom. The van der Waals surface area contributed by atoms with Crippen molar-refractivity contribution in [1.82, 2.24) is 4.90 Å². The summed E-state index contributed by atoms with van der Waals surface area (Å²) in [6, 6.07) is 5.86. The van der Waals surface area contributed by atoms with Gasteiger partial charge in [0.15, 0.2) is 0 Å². The summed E-state index contributed by atoms with van der Waals surface area (Å²) in [7, 11) is 0. The zero-order valence-corrected chi connectivity index (χ0v) is 13.7. The van der Waals surface area contributed by atoms with Gasteiger partial charge in [-0.05, 0) is 76.3 Å². The van der Waals surface area contributed by atoms with E-state index in [1.54, 1.807) is 0 Å². The molecule has 2 rings (SSSR count). The van der Waals surface area contributed by atoms with Gasteiger partial charge in [-0.1, -0.05) is 18.6 Å². The Labute approximate surface area is 124 Å². The third kappa shape index (κ3) is 3.07. The van der Waals surface area contributed by atoms with Crippen LogP contribution < -0.4 is 5.73 Å². The van der Waals surface area contributed by atoms with Crippen LogP contribution in [0.4, 0.5) is 0 Å². The lowest BCUT2D eigenvalue weighted by atomic mass is 9.89. The van der Waals surface area contributed by atoms with Crippen molar-refractivity contribution in [3.8, 4) is 0 Å². The van der Waals surface area contributed by atoms with Gasteiger partial charge >= 0.3 is 0 Å². The highest BCUT2D eigenvalue weighted by Gasteiger charge is 2.31. The van der Waals surface area contributed by atoms with Crippen molar-refractivity contribution < 1.29 is 0 Å². The highest BCUT2D eigenvalue weighted by Crippen LogP contribution is 2.34. The molecule has 2 atom stereocenters. The van der Waals surface area contributed by atoms with Gasteiger partial charge in [0, 0.05) is 12.1 Å². The van der Waals surface area contributed by atoms with Gasteiger partial charge in [0.25, 0.3) is 0 Å². The van der Waals surface area contributed by atoms with Gasteiger partial charge in [0.05, 0.1) is 6.04 Å². The SMILES string of the molecule is Cc1cc(C)c(C2C(N)CCCCN2C(C)C)cc1C. The smallest absolute Gasteiger partial charge is 0.0504 e. The van der Waals surface area contributed by atoms with E-state index in [2.05, 4.69) is 51.7 Å². The first-order chi connectivity index (χ1) is 9.41. The van der Waals surface area contributed by atoms with E-state index >= 15 is 0 Å². The maximum absolute atomic E-state index is 6.55. The van der Waals surface area contributed by atoms with Crippen LogP contribution in [0.1, 0.15) is 61.4 Å². The summed E-state index contributed by atoms with van der Waals surface area (Å²) in [5, 5.41) is 0. The number of nitrogens with two attached hydrogens (primary N) is 1. The Kier molecular flexibility index (Phi) is 4.87. The largest absolute Gasteiger partial charge is 0.326 e. The minimum absolute atomic E-state index is 0.251. The molecule has 0 saturated carbocycles. The van der Waals surface area contributed by atoms with Crippen LogP contribution in [0.2, 0.25) is 0 Å². The van der Waals surface area contributed by atoms with Gasteiger partial charge in [-0.2, -0.15) is 0 Å². The Hall–Kier alpha value is -0.860. The molecule has 1 aliphatic rings. The Morgan fingerprint density at radius 1 is 1.05 bits per heavy atom. The van der Waals surface area contributed by atoms with Crippen molar-refractivity contribution in [2.45, 2.75) is 72.0 Å². The number of benzene rings is 1. The van der Waals surface area contributed by atoms with E-state index in [0.717, 1.165) is 6.42 Å². The van der Waals surface area contributed by atoms with Gasteiger partial charge in [0.1, 0.15) is 0 Å². The standard InChI is InChI=1S/C18H30N2/c1-12(2)20-9-7-6-8-17(19)18(20)16-11-14(4)13(3)10-15(16)5/h10-12,17-18H,6-9,19H2,1-5H3. The van der Waals surface area contributed by atoms with Crippen molar-refractivity contribution in [1.29, 1.82) is 0 Å². The molecule has 1 aromatic carbocycles. The van der Waals surface area contributed by atoms with Gasteiger partial charge in [-0.3, -0.25) is 4.90 Å². The third-order valence-electron chi connectivity index (χ3n) is 4.83. The lowest BCUT2D eigenvalue weighted by Gasteiger charge is -2.37. The Morgan fingerprint density at radius 3 is 2.35 bits per heavy atom. The predicted molar refractivity (Wildman–Crippen MR) is 87.1 cm³/mol. The molecular weight excluding hydrogens is 244 g/mol. The quantitative estimate of drug-likeness (QED) is 0.887. The second kappa shape index (κ2) is 6.28. The summed E-state index contributed by atoms with van der Waals surface area (Å²) in [6.45, 7) is 12.4. The molecule has 1 heterocycles. The number of hydrogen-bond donors (Lipinski definition) is 1. The molecule has 1 aromatic rings. The zero-order chi connectivity index (χ0) is 14.9. The van der Waals surface area contributed by atoms with Crippen molar-refractivity contribution in [3.63, 3.8) is 0 Å². The van der Waals surface area contributed by atoms with E-state index in [1.807, 2.05) is 0 Å². The Balaban J connectivity index is 2.46. The normalized spacial score (nSPS) is 24.9. The van der Waals surface area contributed by atoms with E-state index in [0.29, 0.717) is 12.1 Å². The Bertz CT molecular complexity index is 465. The summed E-state index contributed by atoms with van der Waals surface area (Å²) in [5.41, 5.74) is 12.1. The fraction of sp³-hybridized carbons (Fsp3) is 0.667. The van der Waals surface area contributed by atoms with Crippen molar-refractivity contribution in [3.05, 3.63) is 34.4 Å². The van der Waals surface area contributed by atoms with Crippen LogP contribution >= 0.6 is 0 Å². The van der Waals surface area contributed by atoms with Crippen LogP contribution in [0.25, 0.3) is 0 Å². The molecule has 2 nitrogen and oxygen atoms in total. The van der Waals surface area contributed by atoms with Crippen molar-refractivity contribution >= 4 is 0 Å². The summed E-state index contributed by atoms with van der Waals surface area (Å²) in [6.07, 6.45) is 3.66. The summed E-state index contributed by atoms with van der Waals surface area (Å²) in [5.74, 6) is 0. The van der Waals surface area contributed by atoms with Gasteiger partial charge in [-0.15, -0.1) is 0 Å². The molecule has 1 aliphatic heterocycles. The van der Waals surface area contributed by atoms with Gasteiger partial charge in [0.2, 0.25) is 0 Å². The molecule has 2 unspecified atom stereocenters. The summed E-state index contributed by atoms with van der Waals surface area (Å²) >= 11 is 0. The molecule has 112 valence electrons. The second-order valence-electron chi connectivity index (χ2n) is 6.73. The van der Waals surface area contributed by atoms with Gasteiger partial charge < -0.3 is 5.73 Å². The second-order valence-corrected chi connectivity index (χ2v) is 6.73. The first kappa shape index (κ1) is 15.5. The van der Waals surface area contributed by atoms with Crippen molar-refractivity contribution in [2.75, 3.05) is 6.54 Å². The summed E-state index contributed by atoms with van der Waals surface area (Å²) in [4.78, 5) is 2.61. The number of aryl methyl sites for hydroxylation is 3. The minimum Gasteiger partial charge on any atom is -0.326 e. The number of nitrogens with zero attached hydrogens (tertiary/aromatic N) is 1. The molecule has 0 bridgehead atoms. The van der Waals surface area contributed by atoms with E-state index < -0.39 is 0 Å². The van der Waals surface area contributed by atoms with E-state index in [4.69, 9.17) is 5.73 Å². The molecule has 20 heavy (non-hydrogen) atoms. The molecule has 2 heteroatoms. The van der Waals surface area contributed by atoms with Crippen LogP contribution in [-0.4, -0.2) is 23.5 Å². The number of likely N-dealkylation sites (tertiary alicyclic amines) is 1. The molecule has 0 radical (unpaired) electrons. The van der Waals surface area contributed by atoms with E-state index in [1.165, 1.54) is 41.6 Å². The van der Waals surface area contributed by atoms with E-state index in [-0.39, 0.29) is 6.04 Å². The molecular formula is C18H30N2. The maximum Gasteiger partial charge on any atom is 0.0504 e.